The van der Waals surface area contributed by atoms with Crippen LogP contribution in [0.3, 0.4) is 0 Å². The van der Waals surface area contributed by atoms with Crippen molar-refractivity contribution >= 4 is 17.9 Å². The van der Waals surface area contributed by atoms with Crippen molar-refractivity contribution in [2.75, 3.05) is 0 Å². The maximum atomic E-state index is 10.7. The van der Waals surface area contributed by atoms with Gasteiger partial charge in [-0.2, -0.15) is 0 Å². The van der Waals surface area contributed by atoms with Crippen molar-refractivity contribution in [1.82, 2.24) is 0 Å². The predicted octanol–water partition coefficient (Wildman–Crippen LogP) is 1.37. The van der Waals surface area contributed by atoms with Gasteiger partial charge < -0.3 is 30.6 Å². The van der Waals surface area contributed by atoms with Crippen LogP contribution in [0.25, 0.3) is 0 Å². The summed E-state index contributed by atoms with van der Waals surface area (Å²) in [5.74, 6) is -4.87. The summed E-state index contributed by atoms with van der Waals surface area (Å²) in [6.45, 7) is 0. The summed E-state index contributed by atoms with van der Waals surface area (Å²) >= 11 is 0. The molecule has 0 fully saturated rings. The van der Waals surface area contributed by atoms with E-state index in [9.17, 15) is 29.7 Å². The fourth-order valence-electron chi connectivity index (χ4n) is 1.93. The molecular formula is C21H15O9V-3. The third-order valence-corrected chi connectivity index (χ3v) is 3.35. The number of carboxylic acids is 3. The monoisotopic (exact) mass is 462 g/mol. The summed E-state index contributed by atoms with van der Waals surface area (Å²) in [6.07, 6.45) is 0. The molecule has 0 spiro atoms. The third-order valence-electron chi connectivity index (χ3n) is 3.35. The van der Waals surface area contributed by atoms with Crippen LogP contribution >= 0.6 is 0 Å². The first-order valence-corrected chi connectivity index (χ1v) is 8.13. The van der Waals surface area contributed by atoms with Gasteiger partial charge in [0.2, 0.25) is 0 Å². The number of para-hydroxylation sites is 3. The van der Waals surface area contributed by atoms with Crippen molar-refractivity contribution in [1.29, 1.82) is 0 Å². The number of carboxylic acid groups (broad SMARTS) is 3. The minimum Gasteiger partial charge on any atom is -0.872 e. The number of carbonyl (C=O) groups is 3. The summed E-state index contributed by atoms with van der Waals surface area (Å²) in [7, 11) is 0. The molecule has 10 heteroatoms. The van der Waals surface area contributed by atoms with Crippen LogP contribution in [-0.4, -0.2) is 33.2 Å². The van der Waals surface area contributed by atoms with Gasteiger partial charge in [-0.05, 0) is 18.2 Å². The fourth-order valence-corrected chi connectivity index (χ4v) is 1.93. The van der Waals surface area contributed by atoms with Crippen molar-refractivity contribution in [2.45, 2.75) is 0 Å². The molecule has 0 aliphatic heterocycles. The minimum absolute atomic E-state index is 0. The van der Waals surface area contributed by atoms with Gasteiger partial charge >= 0.3 is 17.9 Å². The van der Waals surface area contributed by atoms with Crippen LogP contribution in [0.15, 0.2) is 72.8 Å². The molecule has 0 saturated heterocycles. The van der Waals surface area contributed by atoms with Crippen LogP contribution in [0.5, 0.6) is 17.2 Å². The van der Waals surface area contributed by atoms with E-state index in [2.05, 4.69) is 0 Å². The van der Waals surface area contributed by atoms with E-state index in [0.717, 1.165) is 0 Å². The number of rotatable bonds is 3. The number of aromatic carboxylic acids is 3. The summed E-state index contributed by atoms with van der Waals surface area (Å²) in [5.41, 5.74) is -0.535. The van der Waals surface area contributed by atoms with Crippen LogP contribution in [0, 0.1) is 0 Å². The normalized spacial score (nSPS) is 8.90. The molecule has 0 aromatic heterocycles. The second-order valence-corrected chi connectivity index (χ2v) is 5.40. The van der Waals surface area contributed by atoms with Crippen molar-refractivity contribution in [3.05, 3.63) is 89.5 Å². The third kappa shape index (κ3) is 8.94. The Hall–Kier alpha value is -3.95. The van der Waals surface area contributed by atoms with E-state index in [1.165, 1.54) is 72.8 Å². The van der Waals surface area contributed by atoms with Gasteiger partial charge in [0.15, 0.2) is 0 Å². The molecule has 0 bridgehead atoms. The molecule has 161 valence electrons. The van der Waals surface area contributed by atoms with Gasteiger partial charge in [-0.15, -0.1) is 0 Å². The first kappa shape index (κ1) is 27.1. The molecule has 9 nitrogen and oxygen atoms in total. The Bertz CT molecular complexity index is 903. The second-order valence-electron chi connectivity index (χ2n) is 5.40. The summed E-state index contributed by atoms with van der Waals surface area (Å²) in [5, 5.41) is 57.1. The van der Waals surface area contributed by atoms with E-state index < -0.39 is 35.2 Å². The molecule has 1 radical (unpaired) electrons. The predicted molar refractivity (Wildman–Crippen MR) is 98.5 cm³/mol. The minimum atomic E-state index is -1.18. The molecule has 0 amide bonds. The Morgan fingerprint density at radius 1 is 0.484 bits per heavy atom. The quantitative estimate of drug-likeness (QED) is 0.518. The number of benzene rings is 3. The smallest absolute Gasteiger partial charge is 0.335 e. The standard InChI is InChI=1S/3C7H6O3.V/c3*8-6-4-2-1-3-5(6)7(9)10;/h3*1-4,8H,(H,9,10);/p-3. The summed E-state index contributed by atoms with van der Waals surface area (Å²) < 4.78 is 0. The first-order valence-electron chi connectivity index (χ1n) is 8.13. The van der Waals surface area contributed by atoms with Gasteiger partial charge in [-0.3, -0.25) is 0 Å². The van der Waals surface area contributed by atoms with E-state index in [1.807, 2.05) is 0 Å². The molecule has 0 aliphatic carbocycles. The van der Waals surface area contributed by atoms with E-state index in [4.69, 9.17) is 15.3 Å². The Labute approximate surface area is 188 Å². The molecule has 0 aliphatic rings. The maximum absolute atomic E-state index is 10.7. The van der Waals surface area contributed by atoms with Crippen molar-refractivity contribution < 1.29 is 63.6 Å². The Morgan fingerprint density at radius 3 is 0.806 bits per heavy atom. The van der Waals surface area contributed by atoms with Crippen molar-refractivity contribution in [3.8, 4) is 17.2 Å². The van der Waals surface area contributed by atoms with Gasteiger partial charge in [-0.25, -0.2) is 14.4 Å². The number of hydrogen-bond acceptors (Lipinski definition) is 6. The van der Waals surface area contributed by atoms with E-state index in [1.54, 1.807) is 0 Å². The SMILES string of the molecule is O=C(O)c1ccccc1[O-].O=C(O)c1ccccc1[O-].O=C(O)c1ccccc1[O-].[V]. The fraction of sp³-hybridized carbons (Fsp3) is 0. The van der Waals surface area contributed by atoms with Crippen molar-refractivity contribution in [3.63, 3.8) is 0 Å². The maximum Gasteiger partial charge on any atom is 0.335 e. The van der Waals surface area contributed by atoms with Crippen LogP contribution in [0.1, 0.15) is 31.1 Å². The first-order chi connectivity index (χ1) is 14.1. The zero-order valence-electron chi connectivity index (χ0n) is 15.7. The topological polar surface area (TPSA) is 181 Å². The average molecular weight is 462 g/mol. The summed E-state index contributed by atoms with van der Waals surface area (Å²) in [4.78, 5) is 30.7. The molecule has 31 heavy (non-hydrogen) atoms. The zero-order chi connectivity index (χ0) is 22.7. The van der Waals surface area contributed by atoms with Gasteiger partial charge in [-0.1, -0.05) is 71.8 Å². The molecular weight excluding hydrogens is 447 g/mol. The van der Waals surface area contributed by atoms with Gasteiger partial charge in [0, 0.05) is 18.6 Å². The Kier molecular flexibility index (Phi) is 11.6. The molecule has 3 N–H and O–H groups in total. The molecule has 0 atom stereocenters. The van der Waals surface area contributed by atoms with Crippen LogP contribution in [-0.2, 0) is 18.6 Å². The van der Waals surface area contributed by atoms with Crippen molar-refractivity contribution in [2.24, 2.45) is 0 Å². The molecule has 0 saturated carbocycles. The molecule has 3 rings (SSSR count). The van der Waals surface area contributed by atoms with Gasteiger partial charge in [0.25, 0.3) is 0 Å². The van der Waals surface area contributed by atoms with E-state index >= 15 is 0 Å². The van der Waals surface area contributed by atoms with Gasteiger partial charge in [0.1, 0.15) is 0 Å². The number of hydrogen-bond donors (Lipinski definition) is 3. The van der Waals surface area contributed by atoms with Gasteiger partial charge in [0.05, 0.1) is 16.7 Å². The zero-order valence-corrected chi connectivity index (χ0v) is 17.1. The molecule has 3 aromatic carbocycles. The summed E-state index contributed by atoms with van der Waals surface area (Å²) in [6, 6.07) is 16.6. The molecule has 0 heterocycles. The Morgan fingerprint density at radius 2 is 0.677 bits per heavy atom. The van der Waals surface area contributed by atoms with E-state index in [-0.39, 0.29) is 35.2 Å². The van der Waals surface area contributed by atoms with Crippen LogP contribution in [0.4, 0.5) is 0 Å². The average Bonchev–Trinajstić information content (AvgIpc) is 2.69. The van der Waals surface area contributed by atoms with E-state index in [0.29, 0.717) is 0 Å². The van der Waals surface area contributed by atoms with Crippen LogP contribution < -0.4 is 15.3 Å². The Balaban J connectivity index is 0.000000429. The molecule has 3 aromatic rings. The second kappa shape index (κ2) is 13.3. The largest absolute Gasteiger partial charge is 0.872 e. The van der Waals surface area contributed by atoms with Crippen LogP contribution in [0.2, 0.25) is 0 Å². The molecule has 0 unspecified atom stereocenters.